The molecule has 0 amide bonds. The summed E-state index contributed by atoms with van der Waals surface area (Å²) in [6.45, 7) is 0.0921. The summed E-state index contributed by atoms with van der Waals surface area (Å²) < 4.78 is 28.5. The Labute approximate surface area is 126 Å². The summed E-state index contributed by atoms with van der Waals surface area (Å²) in [4.78, 5) is -0.115. The summed E-state index contributed by atoms with van der Waals surface area (Å²) in [5, 5.41) is 4.19. The minimum absolute atomic E-state index is 0.0632. The number of aromatic nitrogens is 2. The van der Waals surface area contributed by atoms with Crippen molar-refractivity contribution in [2.75, 3.05) is 4.72 Å². The van der Waals surface area contributed by atoms with Gasteiger partial charge in [0.15, 0.2) is 0 Å². The zero-order valence-electron chi connectivity index (χ0n) is 10.5. The molecule has 20 heavy (non-hydrogen) atoms. The maximum absolute atomic E-state index is 12.3. The fourth-order valence-electron chi connectivity index (χ4n) is 1.65. The van der Waals surface area contributed by atoms with Crippen LogP contribution in [-0.4, -0.2) is 18.2 Å². The first-order valence-corrected chi connectivity index (χ1v) is 7.77. The SMILES string of the molecule is Cn1cc(NS(=O)(=O)c2cc(Cl)cc(CN)c2Cl)cn1. The van der Waals surface area contributed by atoms with Crippen molar-refractivity contribution < 1.29 is 8.42 Å². The summed E-state index contributed by atoms with van der Waals surface area (Å²) >= 11 is 11.9. The number of nitrogens with zero attached hydrogens (tertiary/aromatic N) is 2. The molecular formula is C11H12Cl2N4O2S. The molecule has 108 valence electrons. The third-order valence-corrected chi connectivity index (χ3v) is 4.73. The van der Waals surface area contributed by atoms with Crippen LogP contribution in [0, 0.1) is 0 Å². The van der Waals surface area contributed by atoms with Crippen molar-refractivity contribution in [1.82, 2.24) is 9.78 Å². The van der Waals surface area contributed by atoms with Crippen LogP contribution in [0.2, 0.25) is 10.0 Å². The molecule has 1 heterocycles. The molecule has 0 bridgehead atoms. The summed E-state index contributed by atoms with van der Waals surface area (Å²) in [5.74, 6) is 0. The molecule has 1 aromatic carbocycles. The first-order chi connectivity index (χ1) is 9.33. The molecule has 0 aliphatic carbocycles. The van der Waals surface area contributed by atoms with Crippen LogP contribution in [0.15, 0.2) is 29.4 Å². The van der Waals surface area contributed by atoms with Gasteiger partial charge in [0, 0.05) is 24.8 Å². The average molecular weight is 335 g/mol. The normalized spacial score (nSPS) is 11.6. The molecule has 6 nitrogen and oxygen atoms in total. The molecule has 0 saturated heterocycles. The number of anilines is 1. The Morgan fingerprint density at radius 3 is 2.65 bits per heavy atom. The monoisotopic (exact) mass is 334 g/mol. The largest absolute Gasteiger partial charge is 0.326 e. The van der Waals surface area contributed by atoms with Crippen molar-refractivity contribution in [1.29, 1.82) is 0 Å². The van der Waals surface area contributed by atoms with Crippen LogP contribution in [-0.2, 0) is 23.6 Å². The van der Waals surface area contributed by atoms with Gasteiger partial charge in [0.25, 0.3) is 10.0 Å². The highest BCUT2D eigenvalue weighted by molar-refractivity contribution is 7.92. The van der Waals surface area contributed by atoms with Gasteiger partial charge in [-0.25, -0.2) is 8.42 Å². The molecular weight excluding hydrogens is 323 g/mol. The Bertz CT molecular complexity index is 743. The number of rotatable bonds is 4. The lowest BCUT2D eigenvalue weighted by molar-refractivity contribution is 0.601. The van der Waals surface area contributed by atoms with Crippen molar-refractivity contribution in [3.05, 3.63) is 40.1 Å². The third kappa shape index (κ3) is 3.06. The van der Waals surface area contributed by atoms with Gasteiger partial charge in [0.1, 0.15) is 4.90 Å². The van der Waals surface area contributed by atoms with Crippen molar-refractivity contribution in [3.8, 4) is 0 Å². The Morgan fingerprint density at radius 1 is 1.40 bits per heavy atom. The topological polar surface area (TPSA) is 90.0 Å². The van der Waals surface area contributed by atoms with Crippen molar-refractivity contribution in [2.45, 2.75) is 11.4 Å². The van der Waals surface area contributed by atoms with Gasteiger partial charge in [-0.15, -0.1) is 0 Å². The van der Waals surface area contributed by atoms with Crippen molar-refractivity contribution in [2.24, 2.45) is 12.8 Å². The fourth-order valence-corrected chi connectivity index (χ4v) is 3.62. The number of hydrogen-bond acceptors (Lipinski definition) is 4. The molecule has 0 saturated carbocycles. The summed E-state index contributed by atoms with van der Waals surface area (Å²) in [6.07, 6.45) is 2.92. The molecule has 3 N–H and O–H groups in total. The van der Waals surface area contributed by atoms with E-state index in [0.717, 1.165) is 0 Å². The number of nitrogens with two attached hydrogens (primary N) is 1. The zero-order valence-corrected chi connectivity index (χ0v) is 12.8. The molecule has 0 aliphatic rings. The second kappa shape index (κ2) is 5.61. The van der Waals surface area contributed by atoms with Gasteiger partial charge in [-0.1, -0.05) is 23.2 Å². The molecule has 2 aromatic rings. The summed E-state index contributed by atoms with van der Waals surface area (Å²) in [5.41, 5.74) is 6.31. The van der Waals surface area contributed by atoms with Crippen molar-refractivity contribution in [3.63, 3.8) is 0 Å². The smallest absolute Gasteiger partial charge is 0.263 e. The first-order valence-electron chi connectivity index (χ1n) is 5.53. The highest BCUT2D eigenvalue weighted by atomic mass is 35.5. The standard InChI is InChI=1S/C11H12Cl2N4O2S/c1-17-6-9(5-15-17)16-20(18,19)10-3-8(12)2-7(4-14)11(10)13/h2-3,5-6,16H,4,14H2,1H3. The molecule has 0 unspecified atom stereocenters. The van der Waals surface area contributed by atoms with Gasteiger partial charge in [-0.2, -0.15) is 5.10 Å². The van der Waals surface area contributed by atoms with Gasteiger partial charge in [0.2, 0.25) is 0 Å². The molecule has 2 rings (SSSR count). The Kier molecular flexibility index (Phi) is 4.24. The quantitative estimate of drug-likeness (QED) is 0.894. The van der Waals surface area contributed by atoms with Gasteiger partial charge in [-0.05, 0) is 17.7 Å². The number of nitrogens with one attached hydrogen (secondary N) is 1. The molecule has 9 heteroatoms. The average Bonchev–Trinajstić information content (AvgIpc) is 2.76. The number of sulfonamides is 1. The molecule has 0 atom stereocenters. The van der Waals surface area contributed by atoms with E-state index in [2.05, 4.69) is 9.82 Å². The fraction of sp³-hybridized carbons (Fsp3) is 0.182. The number of benzene rings is 1. The second-order valence-corrected chi connectivity index (χ2v) is 6.55. The lowest BCUT2D eigenvalue weighted by Crippen LogP contribution is -2.14. The summed E-state index contributed by atoms with van der Waals surface area (Å²) in [7, 11) is -2.18. The van der Waals surface area contributed by atoms with E-state index in [1.807, 2.05) is 0 Å². The van der Waals surface area contributed by atoms with Crippen molar-refractivity contribution >= 4 is 38.9 Å². The van der Waals surface area contributed by atoms with Crippen LogP contribution in [0.3, 0.4) is 0 Å². The predicted molar refractivity (Wildman–Crippen MR) is 78.4 cm³/mol. The number of aryl methyl sites for hydroxylation is 1. The Morgan fingerprint density at radius 2 is 2.10 bits per heavy atom. The number of halogens is 2. The van der Waals surface area contributed by atoms with Crippen LogP contribution >= 0.6 is 23.2 Å². The van der Waals surface area contributed by atoms with Gasteiger partial charge < -0.3 is 5.73 Å². The zero-order chi connectivity index (χ0) is 14.9. The van der Waals surface area contributed by atoms with Gasteiger partial charge >= 0.3 is 0 Å². The summed E-state index contributed by atoms with van der Waals surface area (Å²) in [6, 6.07) is 2.81. The van der Waals surface area contributed by atoms with E-state index in [1.54, 1.807) is 7.05 Å². The van der Waals surface area contributed by atoms with Crippen LogP contribution < -0.4 is 10.5 Å². The molecule has 0 fully saturated rings. The van der Waals surface area contributed by atoms with E-state index in [1.165, 1.54) is 29.2 Å². The molecule has 0 aliphatic heterocycles. The number of hydrogen-bond donors (Lipinski definition) is 2. The van der Waals surface area contributed by atoms with Crippen LogP contribution in [0.4, 0.5) is 5.69 Å². The maximum atomic E-state index is 12.3. The van der Waals surface area contributed by atoms with Crippen LogP contribution in [0.25, 0.3) is 0 Å². The van der Waals surface area contributed by atoms with Gasteiger partial charge in [0.05, 0.1) is 16.9 Å². The molecule has 0 spiro atoms. The first kappa shape index (κ1) is 15.1. The van der Waals surface area contributed by atoms with Crippen LogP contribution in [0.1, 0.15) is 5.56 Å². The molecule has 0 radical (unpaired) electrons. The lowest BCUT2D eigenvalue weighted by atomic mass is 10.2. The lowest BCUT2D eigenvalue weighted by Gasteiger charge is -2.11. The van der Waals surface area contributed by atoms with Crippen LogP contribution in [0.5, 0.6) is 0 Å². The minimum Gasteiger partial charge on any atom is -0.326 e. The van der Waals surface area contributed by atoms with Gasteiger partial charge in [-0.3, -0.25) is 9.40 Å². The van der Waals surface area contributed by atoms with E-state index in [4.69, 9.17) is 28.9 Å². The highest BCUT2D eigenvalue weighted by Crippen LogP contribution is 2.30. The third-order valence-electron chi connectivity index (χ3n) is 2.55. The molecule has 1 aromatic heterocycles. The van der Waals surface area contributed by atoms with E-state index >= 15 is 0 Å². The van der Waals surface area contributed by atoms with E-state index in [9.17, 15) is 8.42 Å². The van der Waals surface area contributed by atoms with E-state index in [-0.39, 0.29) is 21.5 Å². The predicted octanol–water partition coefficient (Wildman–Crippen LogP) is 1.99. The minimum atomic E-state index is -3.86. The van der Waals surface area contributed by atoms with E-state index in [0.29, 0.717) is 11.3 Å². The maximum Gasteiger partial charge on any atom is 0.263 e. The second-order valence-electron chi connectivity index (χ2n) is 4.09. The Hall–Kier alpha value is -1.28. The van der Waals surface area contributed by atoms with E-state index < -0.39 is 10.0 Å². The Balaban J connectivity index is 2.46. The highest BCUT2D eigenvalue weighted by Gasteiger charge is 2.21.